The molecule has 0 amide bonds. The van der Waals surface area contributed by atoms with E-state index in [2.05, 4.69) is 0 Å². The van der Waals surface area contributed by atoms with Gasteiger partial charge in [0, 0.05) is 5.92 Å². The predicted octanol–water partition coefficient (Wildman–Crippen LogP) is 1.55. The first kappa shape index (κ1) is 11.2. The number of benzene rings is 1. The monoisotopic (exact) mass is 236 g/mol. The zero-order chi connectivity index (χ0) is 11.6. The molecule has 4 nitrogen and oxygen atoms in total. The Hall–Kier alpha value is -0.940. The van der Waals surface area contributed by atoms with Gasteiger partial charge in [-0.2, -0.15) is 0 Å². The van der Waals surface area contributed by atoms with Gasteiger partial charge in [-0.25, -0.2) is 0 Å². The molecule has 3 fully saturated rings. The number of fused-ring (bicyclic) bond motifs is 3. The Bertz CT molecular complexity index is 343. The Labute approximate surface area is 100 Å². The summed E-state index contributed by atoms with van der Waals surface area (Å²) in [6.07, 6.45) is 0. The molecule has 3 saturated heterocycles. The third kappa shape index (κ3) is 2.50. The highest BCUT2D eigenvalue weighted by Gasteiger charge is 2.44. The molecule has 0 saturated carbocycles. The average Bonchev–Trinajstić information content (AvgIpc) is 2.42. The molecular weight excluding hydrogens is 220 g/mol. The molecule has 0 aliphatic carbocycles. The molecule has 4 rings (SSSR count). The van der Waals surface area contributed by atoms with Crippen LogP contribution in [0.4, 0.5) is 0 Å². The Balaban J connectivity index is 1.51. The number of hydrogen-bond donors (Lipinski definition) is 0. The van der Waals surface area contributed by atoms with Crippen molar-refractivity contribution in [1.29, 1.82) is 0 Å². The van der Waals surface area contributed by atoms with E-state index < -0.39 is 5.97 Å². The summed E-state index contributed by atoms with van der Waals surface area (Å²) in [6, 6.07) is 10.0. The summed E-state index contributed by atoms with van der Waals surface area (Å²) >= 11 is 0. The molecular formula is C13H16O4. The quantitative estimate of drug-likeness (QED) is 0.794. The van der Waals surface area contributed by atoms with Crippen LogP contribution < -0.4 is 0 Å². The number of rotatable bonds is 4. The predicted molar refractivity (Wildman–Crippen MR) is 60.2 cm³/mol. The van der Waals surface area contributed by atoms with E-state index in [0.29, 0.717) is 39.0 Å². The Morgan fingerprint density at radius 3 is 2.35 bits per heavy atom. The highest BCUT2D eigenvalue weighted by Crippen LogP contribution is 2.30. The van der Waals surface area contributed by atoms with Crippen molar-refractivity contribution in [3.05, 3.63) is 35.9 Å². The Morgan fingerprint density at radius 2 is 1.71 bits per heavy atom. The smallest absolute Gasteiger partial charge is 0.307 e. The third-order valence-electron chi connectivity index (χ3n) is 3.01. The standard InChI is InChI=1S/C13H16O4/c1-2-4-11(5-3-1)6-14-10-13-15-7-12(8-16-13)9-17-13/h1-5,12H,6-10H2. The molecule has 0 unspecified atom stereocenters. The SMILES string of the molecule is c1ccc(COCC23OCC(CO2)CO3)cc1. The minimum Gasteiger partial charge on any atom is -0.368 e. The van der Waals surface area contributed by atoms with Crippen LogP contribution in [-0.4, -0.2) is 32.4 Å². The second-order valence-electron chi connectivity index (χ2n) is 4.46. The number of hydrogen-bond acceptors (Lipinski definition) is 4. The molecule has 3 aliphatic heterocycles. The fourth-order valence-electron chi connectivity index (χ4n) is 2.00. The van der Waals surface area contributed by atoms with E-state index in [1.807, 2.05) is 30.3 Å². The lowest BCUT2D eigenvalue weighted by molar-refractivity contribution is -0.458. The summed E-state index contributed by atoms with van der Waals surface area (Å²) in [7, 11) is 0. The molecule has 0 aromatic heterocycles. The largest absolute Gasteiger partial charge is 0.368 e. The van der Waals surface area contributed by atoms with E-state index >= 15 is 0 Å². The van der Waals surface area contributed by atoms with Crippen LogP contribution in [0.2, 0.25) is 0 Å². The number of ether oxygens (including phenoxy) is 4. The lowest BCUT2D eigenvalue weighted by Gasteiger charge is -2.44. The maximum Gasteiger partial charge on any atom is 0.307 e. The van der Waals surface area contributed by atoms with Gasteiger partial charge in [-0.05, 0) is 5.56 Å². The van der Waals surface area contributed by atoms with E-state index in [-0.39, 0.29) is 0 Å². The van der Waals surface area contributed by atoms with Gasteiger partial charge in [0.2, 0.25) is 0 Å². The van der Waals surface area contributed by atoms with Crippen molar-refractivity contribution in [2.24, 2.45) is 5.92 Å². The second-order valence-corrected chi connectivity index (χ2v) is 4.46. The topological polar surface area (TPSA) is 36.9 Å². The molecule has 3 aliphatic rings. The summed E-state index contributed by atoms with van der Waals surface area (Å²) in [5, 5.41) is 0. The van der Waals surface area contributed by atoms with E-state index in [1.165, 1.54) is 0 Å². The van der Waals surface area contributed by atoms with Crippen LogP contribution in [-0.2, 0) is 25.6 Å². The average molecular weight is 236 g/mol. The van der Waals surface area contributed by atoms with E-state index in [4.69, 9.17) is 18.9 Å². The minimum atomic E-state index is -0.955. The lowest BCUT2D eigenvalue weighted by Crippen LogP contribution is -2.56. The lowest BCUT2D eigenvalue weighted by atomic mass is 10.1. The van der Waals surface area contributed by atoms with Crippen molar-refractivity contribution < 1.29 is 18.9 Å². The van der Waals surface area contributed by atoms with E-state index in [1.54, 1.807) is 0 Å². The summed E-state index contributed by atoms with van der Waals surface area (Å²) in [4.78, 5) is 0. The van der Waals surface area contributed by atoms with Gasteiger partial charge in [0.1, 0.15) is 6.61 Å². The van der Waals surface area contributed by atoms with Crippen molar-refractivity contribution in [2.45, 2.75) is 12.6 Å². The first-order valence-electron chi connectivity index (χ1n) is 5.90. The van der Waals surface area contributed by atoms with Crippen molar-refractivity contribution >= 4 is 0 Å². The molecule has 17 heavy (non-hydrogen) atoms. The summed E-state index contributed by atoms with van der Waals surface area (Å²) in [5.74, 6) is -0.574. The fraction of sp³-hybridized carbons (Fsp3) is 0.538. The first-order chi connectivity index (χ1) is 8.36. The second kappa shape index (κ2) is 4.74. The summed E-state index contributed by atoms with van der Waals surface area (Å²) in [6.45, 7) is 2.97. The minimum absolute atomic E-state index is 0.314. The van der Waals surface area contributed by atoms with Crippen LogP contribution in [0.15, 0.2) is 30.3 Å². The zero-order valence-electron chi connectivity index (χ0n) is 9.63. The van der Waals surface area contributed by atoms with Crippen LogP contribution in [0.5, 0.6) is 0 Å². The normalized spacial score (nSPS) is 31.6. The van der Waals surface area contributed by atoms with Gasteiger partial charge in [0.05, 0.1) is 26.4 Å². The molecule has 0 N–H and O–H groups in total. The molecule has 1 aromatic rings. The van der Waals surface area contributed by atoms with Crippen molar-refractivity contribution in [3.8, 4) is 0 Å². The van der Waals surface area contributed by atoms with Gasteiger partial charge >= 0.3 is 5.97 Å². The summed E-state index contributed by atoms with van der Waals surface area (Å²) < 4.78 is 22.2. The maximum atomic E-state index is 5.60. The Kier molecular flexibility index (Phi) is 3.11. The van der Waals surface area contributed by atoms with E-state index in [9.17, 15) is 0 Å². The van der Waals surface area contributed by atoms with Gasteiger partial charge < -0.3 is 18.9 Å². The van der Waals surface area contributed by atoms with Crippen molar-refractivity contribution in [1.82, 2.24) is 0 Å². The van der Waals surface area contributed by atoms with Crippen LogP contribution in [0, 0.1) is 5.92 Å². The molecule has 2 bridgehead atoms. The van der Waals surface area contributed by atoms with Crippen LogP contribution in [0.3, 0.4) is 0 Å². The molecule has 0 atom stereocenters. The zero-order valence-corrected chi connectivity index (χ0v) is 9.63. The maximum absolute atomic E-state index is 5.60. The van der Waals surface area contributed by atoms with Crippen molar-refractivity contribution in [2.75, 3.05) is 26.4 Å². The fourth-order valence-corrected chi connectivity index (χ4v) is 2.00. The highest BCUT2D eigenvalue weighted by atomic mass is 16.9. The molecule has 3 heterocycles. The van der Waals surface area contributed by atoms with E-state index in [0.717, 1.165) is 5.56 Å². The van der Waals surface area contributed by atoms with Gasteiger partial charge in [-0.3, -0.25) is 0 Å². The van der Waals surface area contributed by atoms with Gasteiger partial charge in [0.25, 0.3) is 0 Å². The Morgan fingerprint density at radius 1 is 1.06 bits per heavy atom. The van der Waals surface area contributed by atoms with Crippen LogP contribution in [0.1, 0.15) is 5.56 Å². The van der Waals surface area contributed by atoms with Crippen molar-refractivity contribution in [3.63, 3.8) is 0 Å². The molecule has 92 valence electrons. The molecule has 0 spiro atoms. The highest BCUT2D eigenvalue weighted by molar-refractivity contribution is 5.13. The first-order valence-corrected chi connectivity index (χ1v) is 5.90. The third-order valence-corrected chi connectivity index (χ3v) is 3.01. The molecule has 0 radical (unpaired) electrons. The van der Waals surface area contributed by atoms with Gasteiger partial charge in [0.15, 0.2) is 0 Å². The molecule has 4 heteroatoms. The molecule has 1 aromatic carbocycles. The van der Waals surface area contributed by atoms with Crippen LogP contribution in [0.25, 0.3) is 0 Å². The summed E-state index contributed by atoms with van der Waals surface area (Å²) in [5.41, 5.74) is 1.13. The van der Waals surface area contributed by atoms with Crippen LogP contribution >= 0.6 is 0 Å². The van der Waals surface area contributed by atoms with Gasteiger partial charge in [-0.15, -0.1) is 0 Å². The van der Waals surface area contributed by atoms with Gasteiger partial charge in [-0.1, -0.05) is 30.3 Å².